The van der Waals surface area contributed by atoms with Crippen LogP contribution in [0.5, 0.6) is 5.75 Å². The molecule has 0 spiro atoms. The molecule has 0 fully saturated rings. The van der Waals surface area contributed by atoms with Crippen molar-refractivity contribution in [2.45, 2.75) is 39.2 Å². The van der Waals surface area contributed by atoms with E-state index < -0.39 is 6.10 Å². The lowest BCUT2D eigenvalue weighted by Gasteiger charge is -2.33. The van der Waals surface area contributed by atoms with E-state index in [1.165, 1.54) is 12.1 Å². The largest absolute Gasteiger partial charge is 0.478 e. The Balaban J connectivity index is 1.57. The lowest BCUT2D eigenvalue weighted by atomic mass is 10.0. The maximum absolute atomic E-state index is 12.6. The number of hydrogen-bond donors (Lipinski definition) is 3. The number of amides is 3. The molecule has 0 bridgehead atoms. The highest BCUT2D eigenvalue weighted by molar-refractivity contribution is 6.32. The molecule has 10 heteroatoms. The zero-order valence-electron chi connectivity index (χ0n) is 19.5. The summed E-state index contributed by atoms with van der Waals surface area (Å²) in [6, 6.07) is 11.6. The van der Waals surface area contributed by atoms with Crippen molar-refractivity contribution in [2.24, 2.45) is 5.92 Å². The molecule has 1 heterocycles. The van der Waals surface area contributed by atoms with Crippen LogP contribution < -0.4 is 20.3 Å². The Hall–Kier alpha value is -3.61. The topological polar surface area (TPSA) is 132 Å². The van der Waals surface area contributed by atoms with Gasteiger partial charge in [0.1, 0.15) is 11.8 Å². The molecule has 3 rings (SSSR count). The second kappa shape index (κ2) is 11.7. The number of hydrogen-bond acceptors (Lipinski definition) is 6. The van der Waals surface area contributed by atoms with Crippen LogP contribution in [-0.2, 0) is 14.4 Å². The molecule has 9 nitrogen and oxygen atoms in total. The number of anilines is 3. The van der Waals surface area contributed by atoms with Gasteiger partial charge in [0.15, 0.2) is 6.10 Å². The predicted molar refractivity (Wildman–Crippen MR) is 132 cm³/mol. The zero-order valence-corrected chi connectivity index (χ0v) is 20.3. The highest BCUT2D eigenvalue weighted by Gasteiger charge is 2.33. The second-order valence-corrected chi connectivity index (χ2v) is 8.71. The monoisotopic (exact) mass is 498 g/mol. The third kappa shape index (κ3) is 6.50. The molecule has 3 amide bonds. The molecule has 2 aromatic rings. The van der Waals surface area contributed by atoms with Gasteiger partial charge in [0.25, 0.3) is 5.91 Å². The van der Waals surface area contributed by atoms with E-state index in [2.05, 4.69) is 10.6 Å². The fraction of sp³-hybridized carbons (Fsp3) is 0.360. The smallest absolute Gasteiger partial charge is 0.268 e. The molecule has 0 aliphatic carbocycles. The normalized spacial score (nSPS) is 15.5. The van der Waals surface area contributed by atoms with Crippen molar-refractivity contribution < 1.29 is 24.2 Å². The number of nitrogens with one attached hydrogen (secondary N) is 2. The lowest BCUT2D eigenvalue weighted by Crippen LogP contribution is -2.46. The molecule has 3 N–H and O–H groups in total. The van der Waals surface area contributed by atoms with Gasteiger partial charge < -0.3 is 25.4 Å². The molecule has 1 aliphatic heterocycles. The summed E-state index contributed by atoms with van der Waals surface area (Å²) in [5, 5.41) is 23.9. The summed E-state index contributed by atoms with van der Waals surface area (Å²) in [5.41, 5.74) is 1.91. The number of ether oxygens (including phenoxy) is 1. The number of carbonyl (C=O) groups is 3. The first-order chi connectivity index (χ1) is 16.7. The van der Waals surface area contributed by atoms with E-state index in [0.717, 1.165) is 0 Å². The lowest BCUT2D eigenvalue weighted by molar-refractivity contribution is -0.127. The van der Waals surface area contributed by atoms with Gasteiger partial charge in [0.05, 0.1) is 16.3 Å². The Labute approximate surface area is 208 Å². The van der Waals surface area contributed by atoms with E-state index in [-0.39, 0.29) is 54.5 Å². The van der Waals surface area contributed by atoms with Gasteiger partial charge in [-0.05, 0) is 43.2 Å². The minimum absolute atomic E-state index is 0.117. The fourth-order valence-electron chi connectivity index (χ4n) is 3.84. The van der Waals surface area contributed by atoms with Crippen LogP contribution in [0.2, 0.25) is 5.02 Å². The van der Waals surface area contributed by atoms with Crippen LogP contribution in [0.4, 0.5) is 17.1 Å². The average Bonchev–Trinajstić information content (AvgIpc) is 2.79. The molecule has 2 aromatic carbocycles. The first-order valence-corrected chi connectivity index (χ1v) is 11.7. The van der Waals surface area contributed by atoms with E-state index >= 15 is 0 Å². The van der Waals surface area contributed by atoms with Gasteiger partial charge in [-0.2, -0.15) is 5.26 Å². The Morgan fingerprint density at radius 2 is 1.80 bits per heavy atom. The van der Waals surface area contributed by atoms with Crippen LogP contribution in [0.1, 0.15) is 38.7 Å². The standard InChI is InChI=1S/C25H27ClN4O5/c1-3-30-20-7-6-18(13-22(20)35-21(8-9-31)25(30)34)29-24(33)11-15(2)10-23(32)28-17-5-4-16(14-27)19(26)12-17/h4-7,12-13,15,21,31H,3,8-11H2,1-2H3,(H,28,32)(H,29,33). The summed E-state index contributed by atoms with van der Waals surface area (Å²) >= 11 is 5.99. The predicted octanol–water partition coefficient (Wildman–Crippen LogP) is 3.70. The number of rotatable bonds is 9. The summed E-state index contributed by atoms with van der Waals surface area (Å²) in [4.78, 5) is 39.0. The van der Waals surface area contributed by atoms with Crippen LogP contribution in [0.3, 0.4) is 0 Å². The summed E-state index contributed by atoms with van der Waals surface area (Å²) in [5.74, 6) is -0.525. The summed E-state index contributed by atoms with van der Waals surface area (Å²) in [6.45, 7) is 3.93. The van der Waals surface area contributed by atoms with Gasteiger partial charge in [0.2, 0.25) is 11.8 Å². The number of benzene rings is 2. The summed E-state index contributed by atoms with van der Waals surface area (Å²) in [6.07, 6.45) is -0.358. The number of halogens is 1. The Bertz CT molecular complexity index is 1160. The molecule has 0 aromatic heterocycles. The van der Waals surface area contributed by atoms with E-state index in [1.54, 1.807) is 36.1 Å². The third-order valence-electron chi connectivity index (χ3n) is 5.49. The van der Waals surface area contributed by atoms with Gasteiger partial charge >= 0.3 is 0 Å². The molecule has 0 radical (unpaired) electrons. The number of carbonyl (C=O) groups excluding carboxylic acids is 3. The van der Waals surface area contributed by atoms with Gasteiger partial charge in [0, 0.05) is 49.9 Å². The highest BCUT2D eigenvalue weighted by Crippen LogP contribution is 2.37. The Kier molecular flexibility index (Phi) is 8.68. The van der Waals surface area contributed by atoms with Crippen molar-refractivity contribution in [3.63, 3.8) is 0 Å². The molecule has 0 saturated heterocycles. The first-order valence-electron chi connectivity index (χ1n) is 11.3. The van der Waals surface area contributed by atoms with E-state index in [1.807, 2.05) is 13.0 Å². The van der Waals surface area contributed by atoms with Crippen molar-refractivity contribution in [3.05, 3.63) is 47.0 Å². The quantitative estimate of drug-likeness (QED) is 0.483. The molecule has 35 heavy (non-hydrogen) atoms. The summed E-state index contributed by atoms with van der Waals surface area (Å²) in [7, 11) is 0. The van der Waals surface area contributed by atoms with E-state index in [4.69, 9.17) is 21.6 Å². The average molecular weight is 499 g/mol. The van der Waals surface area contributed by atoms with Gasteiger partial charge in [-0.1, -0.05) is 18.5 Å². The molecular weight excluding hydrogens is 472 g/mol. The number of likely N-dealkylation sites (N-methyl/N-ethyl adjacent to an activating group) is 1. The third-order valence-corrected chi connectivity index (χ3v) is 5.81. The van der Waals surface area contributed by atoms with Gasteiger partial charge in [-0.15, -0.1) is 0 Å². The number of nitriles is 1. The Morgan fingerprint density at radius 1 is 1.17 bits per heavy atom. The van der Waals surface area contributed by atoms with Crippen LogP contribution in [0.25, 0.3) is 0 Å². The zero-order chi connectivity index (χ0) is 25.5. The van der Waals surface area contributed by atoms with Gasteiger partial charge in [-0.3, -0.25) is 14.4 Å². The Morgan fingerprint density at radius 3 is 2.37 bits per heavy atom. The minimum atomic E-state index is -0.775. The number of aliphatic hydroxyl groups is 1. The van der Waals surface area contributed by atoms with Crippen molar-refractivity contribution in [3.8, 4) is 11.8 Å². The van der Waals surface area contributed by atoms with Crippen molar-refractivity contribution in [1.29, 1.82) is 5.26 Å². The van der Waals surface area contributed by atoms with E-state index in [0.29, 0.717) is 34.9 Å². The van der Waals surface area contributed by atoms with Crippen molar-refractivity contribution in [1.82, 2.24) is 0 Å². The summed E-state index contributed by atoms with van der Waals surface area (Å²) < 4.78 is 5.77. The number of fused-ring (bicyclic) bond motifs is 1. The molecule has 2 unspecified atom stereocenters. The second-order valence-electron chi connectivity index (χ2n) is 8.30. The SMILES string of the molecule is CCN1C(=O)C(CCO)Oc2cc(NC(=O)CC(C)CC(=O)Nc3ccc(C#N)c(Cl)c3)ccc21. The highest BCUT2D eigenvalue weighted by atomic mass is 35.5. The molecule has 184 valence electrons. The minimum Gasteiger partial charge on any atom is -0.478 e. The molecule has 0 saturated carbocycles. The van der Waals surface area contributed by atoms with Gasteiger partial charge in [-0.25, -0.2) is 0 Å². The molecular formula is C25H27ClN4O5. The van der Waals surface area contributed by atoms with Crippen LogP contribution in [0.15, 0.2) is 36.4 Å². The van der Waals surface area contributed by atoms with Crippen molar-refractivity contribution >= 4 is 46.4 Å². The molecule has 1 aliphatic rings. The maximum atomic E-state index is 12.6. The van der Waals surface area contributed by atoms with E-state index in [9.17, 15) is 19.5 Å². The van der Waals surface area contributed by atoms with Crippen LogP contribution in [0, 0.1) is 17.2 Å². The maximum Gasteiger partial charge on any atom is 0.268 e. The fourth-order valence-corrected chi connectivity index (χ4v) is 4.07. The number of aliphatic hydroxyl groups excluding tert-OH is 1. The van der Waals surface area contributed by atoms with Crippen molar-refractivity contribution in [2.75, 3.05) is 28.7 Å². The van der Waals surface area contributed by atoms with Crippen LogP contribution in [-0.4, -0.2) is 42.1 Å². The first kappa shape index (κ1) is 26.0. The molecule has 2 atom stereocenters. The van der Waals surface area contributed by atoms with Crippen LogP contribution >= 0.6 is 11.6 Å². The number of nitrogens with zero attached hydrogens (tertiary/aromatic N) is 2.